The second-order valence-corrected chi connectivity index (χ2v) is 8.84. The minimum Gasteiger partial charge on any atom is -0.497 e. The number of methoxy groups -OCH3 is 1. The minimum absolute atomic E-state index is 0. The van der Waals surface area contributed by atoms with Crippen LogP contribution in [0.2, 0.25) is 0 Å². The van der Waals surface area contributed by atoms with E-state index < -0.39 is 0 Å². The van der Waals surface area contributed by atoms with Crippen molar-refractivity contribution < 1.29 is 9.47 Å². The first-order chi connectivity index (χ1) is 15.4. The predicted molar refractivity (Wildman–Crippen MR) is 145 cm³/mol. The molecule has 8 heteroatoms. The number of hydrogen-bond donors (Lipinski definition) is 2. The normalized spacial score (nSPS) is 16.6. The zero-order valence-electron chi connectivity index (χ0n) is 20.9. The maximum atomic E-state index is 5.69. The van der Waals surface area contributed by atoms with E-state index in [1.807, 2.05) is 23.9 Å². The number of aromatic nitrogens is 2. The Kier molecular flexibility index (Phi) is 10.5. The lowest BCUT2D eigenvalue weighted by Crippen LogP contribution is -2.45. The van der Waals surface area contributed by atoms with Crippen LogP contribution in [0.5, 0.6) is 5.75 Å². The maximum Gasteiger partial charge on any atom is 0.191 e. The molecule has 33 heavy (non-hydrogen) atoms. The molecule has 1 aliphatic rings. The molecule has 3 rings (SSSR count). The molecular formula is C25H40IN5O2. The molecular weight excluding hydrogens is 529 g/mol. The molecule has 1 fully saturated rings. The van der Waals surface area contributed by atoms with E-state index in [9.17, 15) is 0 Å². The summed E-state index contributed by atoms with van der Waals surface area (Å²) in [7, 11) is 3.70. The van der Waals surface area contributed by atoms with E-state index in [1.54, 1.807) is 7.11 Å². The highest BCUT2D eigenvalue weighted by molar-refractivity contribution is 14.0. The molecule has 0 saturated carbocycles. The van der Waals surface area contributed by atoms with Crippen molar-refractivity contribution in [2.75, 3.05) is 33.4 Å². The SMILES string of the molecule is CCNC(=NCC1(c2ccc(OC)cc2)CCOCC1)NC(C)Cc1c(C)nn(C)c1C.I. The number of rotatable bonds is 8. The molecule has 1 saturated heterocycles. The van der Waals surface area contributed by atoms with Gasteiger partial charge in [-0.2, -0.15) is 5.10 Å². The number of nitrogens with zero attached hydrogens (tertiary/aromatic N) is 3. The standard InChI is InChI=1S/C25H39N5O2.HI/c1-7-26-24(28-18(2)16-23-19(3)29-30(5)20(23)4)27-17-25(12-14-32-15-13-25)21-8-10-22(31-6)11-9-21;/h8-11,18H,7,12-17H2,1-6H3,(H2,26,27,28);1H. The number of benzene rings is 1. The average Bonchev–Trinajstić information content (AvgIpc) is 3.04. The highest BCUT2D eigenvalue weighted by atomic mass is 127. The molecule has 0 radical (unpaired) electrons. The topological polar surface area (TPSA) is 72.7 Å². The lowest BCUT2D eigenvalue weighted by atomic mass is 9.74. The van der Waals surface area contributed by atoms with Crippen molar-refractivity contribution in [3.8, 4) is 5.75 Å². The lowest BCUT2D eigenvalue weighted by molar-refractivity contribution is 0.0531. The first-order valence-electron chi connectivity index (χ1n) is 11.6. The van der Waals surface area contributed by atoms with Gasteiger partial charge in [0.1, 0.15) is 5.75 Å². The van der Waals surface area contributed by atoms with Crippen molar-refractivity contribution in [2.24, 2.45) is 12.0 Å². The lowest BCUT2D eigenvalue weighted by Gasteiger charge is -2.37. The summed E-state index contributed by atoms with van der Waals surface area (Å²) in [5.41, 5.74) is 4.91. The molecule has 0 spiro atoms. The zero-order chi connectivity index (χ0) is 23.1. The minimum atomic E-state index is -0.0212. The predicted octanol–water partition coefficient (Wildman–Crippen LogP) is 3.90. The molecule has 0 aliphatic carbocycles. The van der Waals surface area contributed by atoms with E-state index in [0.29, 0.717) is 0 Å². The summed E-state index contributed by atoms with van der Waals surface area (Å²) in [5.74, 6) is 1.74. The quantitative estimate of drug-likeness (QED) is 0.287. The summed E-state index contributed by atoms with van der Waals surface area (Å²) >= 11 is 0. The van der Waals surface area contributed by atoms with Gasteiger partial charge in [-0.15, -0.1) is 24.0 Å². The molecule has 2 N–H and O–H groups in total. The van der Waals surface area contributed by atoms with Gasteiger partial charge in [0, 0.05) is 44.0 Å². The highest BCUT2D eigenvalue weighted by Gasteiger charge is 2.34. The van der Waals surface area contributed by atoms with Crippen molar-refractivity contribution in [3.05, 3.63) is 46.8 Å². The van der Waals surface area contributed by atoms with Crippen LogP contribution in [-0.4, -0.2) is 55.2 Å². The molecule has 1 unspecified atom stereocenters. The van der Waals surface area contributed by atoms with Crippen LogP contribution in [-0.2, 0) is 23.6 Å². The number of aryl methyl sites for hydroxylation is 2. The third-order valence-electron chi connectivity index (χ3n) is 6.59. The summed E-state index contributed by atoms with van der Waals surface area (Å²) < 4.78 is 13.0. The van der Waals surface area contributed by atoms with Crippen molar-refractivity contribution in [3.63, 3.8) is 0 Å². The molecule has 1 atom stereocenters. The number of halogens is 1. The zero-order valence-corrected chi connectivity index (χ0v) is 23.2. The Morgan fingerprint density at radius 1 is 1.24 bits per heavy atom. The second kappa shape index (κ2) is 12.6. The van der Waals surface area contributed by atoms with Crippen molar-refractivity contribution in [2.45, 2.75) is 58.4 Å². The van der Waals surface area contributed by atoms with E-state index >= 15 is 0 Å². The monoisotopic (exact) mass is 569 g/mol. The second-order valence-electron chi connectivity index (χ2n) is 8.84. The molecule has 0 amide bonds. The van der Waals surface area contributed by atoms with Gasteiger partial charge in [0.2, 0.25) is 0 Å². The fourth-order valence-corrected chi connectivity index (χ4v) is 4.50. The fourth-order valence-electron chi connectivity index (χ4n) is 4.50. The van der Waals surface area contributed by atoms with Crippen LogP contribution in [0.1, 0.15) is 49.2 Å². The Morgan fingerprint density at radius 2 is 1.91 bits per heavy atom. The van der Waals surface area contributed by atoms with E-state index in [4.69, 9.17) is 14.5 Å². The molecule has 7 nitrogen and oxygen atoms in total. The third kappa shape index (κ3) is 6.85. The third-order valence-corrected chi connectivity index (χ3v) is 6.59. The summed E-state index contributed by atoms with van der Waals surface area (Å²) in [4.78, 5) is 5.05. The largest absolute Gasteiger partial charge is 0.497 e. The van der Waals surface area contributed by atoms with Gasteiger partial charge in [-0.05, 0) is 70.2 Å². The Labute approximate surface area is 215 Å². The van der Waals surface area contributed by atoms with Gasteiger partial charge in [-0.1, -0.05) is 12.1 Å². The summed E-state index contributed by atoms with van der Waals surface area (Å²) in [6.07, 6.45) is 2.84. The van der Waals surface area contributed by atoms with Gasteiger partial charge in [0.15, 0.2) is 5.96 Å². The molecule has 2 aromatic rings. The van der Waals surface area contributed by atoms with Gasteiger partial charge in [0.05, 0.1) is 19.3 Å². The number of hydrogen-bond acceptors (Lipinski definition) is 4. The van der Waals surface area contributed by atoms with Gasteiger partial charge >= 0.3 is 0 Å². The van der Waals surface area contributed by atoms with Crippen LogP contribution in [0.15, 0.2) is 29.3 Å². The van der Waals surface area contributed by atoms with Crippen LogP contribution < -0.4 is 15.4 Å². The Bertz CT molecular complexity index is 904. The molecule has 184 valence electrons. The van der Waals surface area contributed by atoms with Gasteiger partial charge in [-0.25, -0.2) is 0 Å². The Balaban J connectivity index is 0.00000385. The van der Waals surface area contributed by atoms with Crippen LogP contribution in [0.25, 0.3) is 0 Å². The van der Waals surface area contributed by atoms with E-state index in [-0.39, 0.29) is 35.4 Å². The van der Waals surface area contributed by atoms with E-state index in [2.05, 4.69) is 55.6 Å². The molecule has 2 heterocycles. The molecule has 1 aromatic heterocycles. The number of ether oxygens (including phenoxy) is 2. The molecule has 0 bridgehead atoms. The number of aliphatic imine (C=N–C) groups is 1. The fraction of sp³-hybridized carbons (Fsp3) is 0.600. The van der Waals surface area contributed by atoms with Gasteiger partial charge in [-0.3, -0.25) is 9.67 Å². The van der Waals surface area contributed by atoms with E-state index in [0.717, 1.165) is 63.0 Å². The maximum absolute atomic E-state index is 5.69. The van der Waals surface area contributed by atoms with Crippen LogP contribution >= 0.6 is 24.0 Å². The van der Waals surface area contributed by atoms with Crippen molar-refractivity contribution in [1.82, 2.24) is 20.4 Å². The van der Waals surface area contributed by atoms with Crippen LogP contribution in [0.3, 0.4) is 0 Å². The highest BCUT2D eigenvalue weighted by Crippen LogP contribution is 2.36. The summed E-state index contributed by atoms with van der Waals surface area (Å²) in [5, 5.41) is 11.6. The Morgan fingerprint density at radius 3 is 2.45 bits per heavy atom. The van der Waals surface area contributed by atoms with Crippen molar-refractivity contribution in [1.29, 1.82) is 0 Å². The average molecular weight is 570 g/mol. The molecule has 1 aromatic carbocycles. The summed E-state index contributed by atoms with van der Waals surface area (Å²) in [6.45, 7) is 11.6. The Hall–Kier alpha value is -1.81. The first-order valence-corrected chi connectivity index (χ1v) is 11.6. The van der Waals surface area contributed by atoms with Crippen LogP contribution in [0, 0.1) is 13.8 Å². The number of nitrogens with one attached hydrogen (secondary N) is 2. The first kappa shape index (κ1) is 27.4. The smallest absolute Gasteiger partial charge is 0.191 e. The summed E-state index contributed by atoms with van der Waals surface area (Å²) in [6, 6.07) is 8.68. The molecule has 1 aliphatic heterocycles. The van der Waals surface area contributed by atoms with E-state index in [1.165, 1.54) is 16.8 Å². The van der Waals surface area contributed by atoms with Gasteiger partial charge in [0.25, 0.3) is 0 Å². The number of guanidine groups is 1. The van der Waals surface area contributed by atoms with Crippen molar-refractivity contribution >= 4 is 29.9 Å². The van der Waals surface area contributed by atoms with Crippen LogP contribution in [0.4, 0.5) is 0 Å². The van der Waals surface area contributed by atoms with Gasteiger partial charge < -0.3 is 20.1 Å².